The summed E-state index contributed by atoms with van der Waals surface area (Å²) >= 11 is 1.57. The van der Waals surface area contributed by atoms with E-state index in [0.717, 1.165) is 27.4 Å². The number of nitrogens with one attached hydrogen (secondary N) is 1. The predicted molar refractivity (Wildman–Crippen MR) is 120 cm³/mol. The molecule has 4 aromatic rings. The first-order valence-electron chi connectivity index (χ1n) is 10.1. The van der Waals surface area contributed by atoms with Gasteiger partial charge in [0.2, 0.25) is 0 Å². The number of aromatic nitrogens is 3. The van der Waals surface area contributed by atoms with Gasteiger partial charge >= 0.3 is 6.03 Å². The second-order valence-corrected chi connectivity index (χ2v) is 8.89. The van der Waals surface area contributed by atoms with Crippen molar-refractivity contribution in [2.45, 2.75) is 20.0 Å². The van der Waals surface area contributed by atoms with E-state index in [2.05, 4.69) is 15.4 Å². The number of hydrogen-bond donors (Lipinski definition) is 2. The minimum atomic E-state index is -1.05. The maximum absolute atomic E-state index is 13.8. The van der Waals surface area contributed by atoms with Crippen molar-refractivity contribution < 1.29 is 18.4 Å². The van der Waals surface area contributed by atoms with Crippen molar-refractivity contribution in [1.82, 2.24) is 19.7 Å². The number of aryl methyl sites for hydroxylation is 1. The van der Waals surface area contributed by atoms with E-state index in [1.165, 1.54) is 11.0 Å². The quantitative estimate of drug-likeness (QED) is 0.476. The zero-order valence-corrected chi connectivity index (χ0v) is 18.2. The first-order chi connectivity index (χ1) is 15.8. The molecule has 0 saturated heterocycles. The molecule has 0 radical (unpaired) electrons. The number of benzene rings is 2. The topological polar surface area (TPSA) is 106 Å². The summed E-state index contributed by atoms with van der Waals surface area (Å²) < 4.78 is 29.7. The highest BCUT2D eigenvalue weighted by Crippen LogP contribution is 2.30. The van der Waals surface area contributed by atoms with E-state index in [1.54, 1.807) is 22.1 Å². The number of urea groups is 1. The van der Waals surface area contributed by atoms with Crippen LogP contribution >= 0.6 is 11.3 Å². The molecule has 2 aromatic carbocycles. The number of carbonyl (C=O) groups is 2. The Morgan fingerprint density at radius 1 is 1.12 bits per heavy atom. The van der Waals surface area contributed by atoms with E-state index in [1.807, 2.05) is 19.1 Å². The Balaban J connectivity index is 1.42. The van der Waals surface area contributed by atoms with Crippen molar-refractivity contribution >= 4 is 39.2 Å². The van der Waals surface area contributed by atoms with Gasteiger partial charge in [0.25, 0.3) is 5.91 Å². The van der Waals surface area contributed by atoms with E-state index in [4.69, 9.17) is 5.73 Å². The minimum Gasteiger partial charge on any atom is -0.365 e. The normalized spacial score (nSPS) is 13.2. The zero-order valence-electron chi connectivity index (χ0n) is 17.4. The number of primary amides is 1. The fraction of sp³-hybridized carbons (Fsp3) is 0.182. The first-order valence-corrected chi connectivity index (χ1v) is 10.9. The van der Waals surface area contributed by atoms with Crippen LogP contribution in [0.25, 0.3) is 21.5 Å². The van der Waals surface area contributed by atoms with Gasteiger partial charge in [-0.05, 0) is 43.3 Å². The Labute approximate surface area is 190 Å². The Bertz CT molecular complexity index is 1430. The molecule has 0 spiro atoms. The number of rotatable bonds is 3. The monoisotopic (exact) mass is 468 g/mol. The van der Waals surface area contributed by atoms with Crippen LogP contribution in [0.3, 0.4) is 0 Å². The number of nitrogens with two attached hydrogens (primary N) is 1. The lowest BCUT2D eigenvalue weighted by atomic mass is 10.0. The van der Waals surface area contributed by atoms with Gasteiger partial charge < -0.3 is 16.0 Å². The smallest absolute Gasteiger partial charge is 0.322 e. The van der Waals surface area contributed by atoms with E-state index in [9.17, 15) is 18.4 Å². The Hall–Kier alpha value is -3.86. The van der Waals surface area contributed by atoms with Crippen molar-refractivity contribution in [2.75, 3.05) is 11.9 Å². The molecule has 0 saturated carbocycles. The first kappa shape index (κ1) is 21.0. The third-order valence-corrected chi connectivity index (χ3v) is 6.40. The van der Waals surface area contributed by atoms with Gasteiger partial charge in [0.1, 0.15) is 5.69 Å². The molecule has 0 aliphatic carbocycles. The second kappa shape index (κ2) is 7.93. The van der Waals surface area contributed by atoms with Gasteiger partial charge in [-0.1, -0.05) is 0 Å². The number of halogens is 2. The minimum absolute atomic E-state index is 0.0814. The molecule has 0 bridgehead atoms. The van der Waals surface area contributed by atoms with Crippen LogP contribution in [0.15, 0.2) is 36.4 Å². The van der Waals surface area contributed by atoms with Crippen LogP contribution in [-0.4, -0.2) is 38.1 Å². The molecule has 3 amide bonds. The number of thiazole rings is 1. The molecule has 5 rings (SSSR count). The largest absolute Gasteiger partial charge is 0.365 e. The SMILES string of the molecule is Cc1nc2cc(NC(=O)N3CCn4nc(-c5ccc(F)c(F)c5)c(C(N)=O)c4C3)ccc2s1. The standard InChI is InChI=1S/C22H18F2N6O2S/c1-11-26-16-9-13(3-5-18(16)33-11)27-22(32)29-6-7-30-17(10-29)19(21(25)31)20(28-30)12-2-4-14(23)15(24)8-12/h2-5,8-9H,6-7,10H2,1H3,(H2,25,31)(H,27,32). The zero-order chi connectivity index (χ0) is 23.3. The number of fused-ring (bicyclic) bond motifs is 2. The summed E-state index contributed by atoms with van der Waals surface area (Å²) in [5, 5.41) is 8.19. The van der Waals surface area contributed by atoms with E-state index < -0.39 is 17.5 Å². The van der Waals surface area contributed by atoms with Crippen LogP contribution in [-0.2, 0) is 13.1 Å². The van der Waals surface area contributed by atoms with E-state index >= 15 is 0 Å². The van der Waals surface area contributed by atoms with Crippen molar-refractivity contribution in [3.8, 4) is 11.3 Å². The van der Waals surface area contributed by atoms with Gasteiger partial charge in [-0.2, -0.15) is 5.10 Å². The summed E-state index contributed by atoms with van der Waals surface area (Å²) in [5.41, 5.74) is 7.92. The fourth-order valence-corrected chi connectivity index (χ4v) is 4.73. The van der Waals surface area contributed by atoms with Gasteiger partial charge in [-0.15, -0.1) is 11.3 Å². The molecule has 1 aliphatic rings. The lowest BCUT2D eigenvalue weighted by molar-refractivity contribution is 0.0997. The lowest BCUT2D eigenvalue weighted by Gasteiger charge is -2.28. The molecule has 11 heteroatoms. The molecule has 2 aromatic heterocycles. The second-order valence-electron chi connectivity index (χ2n) is 7.65. The Kier molecular flexibility index (Phi) is 5.05. The number of anilines is 1. The molecule has 0 fully saturated rings. The van der Waals surface area contributed by atoms with Crippen molar-refractivity contribution in [2.24, 2.45) is 5.73 Å². The number of amides is 3. The van der Waals surface area contributed by atoms with Crippen LogP contribution in [0.1, 0.15) is 21.1 Å². The Morgan fingerprint density at radius 2 is 1.94 bits per heavy atom. The van der Waals surface area contributed by atoms with Crippen molar-refractivity contribution in [1.29, 1.82) is 0 Å². The summed E-state index contributed by atoms with van der Waals surface area (Å²) in [4.78, 5) is 31.1. The van der Waals surface area contributed by atoms with Gasteiger partial charge in [0.05, 0.1) is 39.6 Å². The highest BCUT2D eigenvalue weighted by Gasteiger charge is 2.30. The van der Waals surface area contributed by atoms with Crippen molar-refractivity contribution in [3.63, 3.8) is 0 Å². The van der Waals surface area contributed by atoms with Crippen LogP contribution in [0.4, 0.5) is 19.3 Å². The maximum Gasteiger partial charge on any atom is 0.322 e. The third-order valence-electron chi connectivity index (χ3n) is 5.45. The molecular formula is C22H18F2N6O2S. The van der Waals surface area contributed by atoms with E-state index in [-0.39, 0.29) is 29.4 Å². The summed E-state index contributed by atoms with van der Waals surface area (Å²) in [7, 11) is 0. The van der Waals surface area contributed by atoms with Crippen molar-refractivity contribution in [3.05, 3.63) is 64.3 Å². The molecule has 3 heterocycles. The molecule has 1 aliphatic heterocycles. The van der Waals surface area contributed by atoms with E-state index in [0.29, 0.717) is 24.5 Å². The van der Waals surface area contributed by atoms with Crippen LogP contribution < -0.4 is 11.1 Å². The molecule has 33 heavy (non-hydrogen) atoms. The maximum atomic E-state index is 13.8. The summed E-state index contributed by atoms with van der Waals surface area (Å²) in [6.07, 6.45) is 0. The lowest BCUT2D eigenvalue weighted by Crippen LogP contribution is -2.41. The average Bonchev–Trinajstić information content (AvgIpc) is 3.34. The number of nitrogens with zero attached hydrogens (tertiary/aromatic N) is 4. The third kappa shape index (κ3) is 3.80. The summed E-state index contributed by atoms with van der Waals surface area (Å²) in [5.74, 6) is -2.82. The van der Waals surface area contributed by atoms with Gasteiger partial charge in [0.15, 0.2) is 11.6 Å². The van der Waals surface area contributed by atoms with Crippen LogP contribution in [0.5, 0.6) is 0 Å². The summed E-state index contributed by atoms with van der Waals surface area (Å²) in [6, 6.07) is 8.44. The predicted octanol–water partition coefficient (Wildman–Crippen LogP) is 3.89. The molecular weight excluding hydrogens is 450 g/mol. The van der Waals surface area contributed by atoms with Gasteiger partial charge in [-0.25, -0.2) is 18.6 Å². The number of hydrogen-bond acceptors (Lipinski definition) is 5. The molecule has 3 N–H and O–H groups in total. The van der Waals surface area contributed by atoms with Crippen LogP contribution in [0, 0.1) is 18.6 Å². The number of carbonyl (C=O) groups excluding carboxylic acids is 2. The summed E-state index contributed by atoms with van der Waals surface area (Å²) in [6.45, 7) is 2.66. The molecule has 168 valence electrons. The highest BCUT2D eigenvalue weighted by molar-refractivity contribution is 7.18. The highest BCUT2D eigenvalue weighted by atomic mass is 32.1. The fourth-order valence-electron chi connectivity index (χ4n) is 3.92. The van der Waals surface area contributed by atoms with Gasteiger partial charge in [-0.3, -0.25) is 9.48 Å². The van der Waals surface area contributed by atoms with Crippen LogP contribution in [0.2, 0.25) is 0 Å². The molecule has 8 nitrogen and oxygen atoms in total. The average molecular weight is 468 g/mol. The molecule has 0 atom stereocenters. The molecule has 0 unspecified atom stereocenters. The van der Waals surface area contributed by atoms with Gasteiger partial charge in [0, 0.05) is 17.8 Å². The Morgan fingerprint density at radius 3 is 2.70 bits per heavy atom.